The van der Waals surface area contributed by atoms with Crippen LogP contribution in [-0.4, -0.2) is 33.1 Å². The van der Waals surface area contributed by atoms with E-state index in [1.54, 1.807) is 5.57 Å². The molecule has 31 heavy (non-hydrogen) atoms. The summed E-state index contributed by atoms with van der Waals surface area (Å²) in [5.74, 6) is 2.06. The fourth-order valence-electron chi connectivity index (χ4n) is 6.89. The molecule has 0 bridgehead atoms. The highest BCUT2D eigenvalue weighted by Crippen LogP contribution is 2.60. The minimum absolute atomic E-state index is 0.354. The van der Waals surface area contributed by atoms with Crippen LogP contribution in [0.3, 0.4) is 0 Å². The number of rotatable bonds is 8. The third kappa shape index (κ3) is 5.92. The van der Waals surface area contributed by atoms with Crippen molar-refractivity contribution in [3.05, 3.63) is 34.9 Å². The van der Waals surface area contributed by atoms with Crippen LogP contribution in [0, 0.1) is 23.2 Å². The Morgan fingerprint density at radius 3 is 2.61 bits per heavy atom. The van der Waals surface area contributed by atoms with E-state index in [1.807, 2.05) is 19.9 Å². The predicted molar refractivity (Wildman–Crippen MR) is 129 cm³/mol. The van der Waals surface area contributed by atoms with Crippen LogP contribution in [0.1, 0.15) is 98.8 Å². The van der Waals surface area contributed by atoms with E-state index in [2.05, 4.69) is 32.9 Å². The summed E-state index contributed by atoms with van der Waals surface area (Å²) in [7, 11) is 0. The molecule has 0 unspecified atom stereocenters. The standard InChI is InChI=1S/C28H46O3/c1-6-21-13-15-28(5)25(19(2)8-7-14-27(3,4)31)11-12-26(28)24(21)10-9-20-16-22(29)18-23(30)17-20/h9-10,16,19,22-23,25-26,29-31H,6-8,11-15,17-18H2,1-5H3/b10-9-/t19-,22-,23-,25-,26+,28-/m1/s1. The van der Waals surface area contributed by atoms with Crippen molar-refractivity contribution in [2.24, 2.45) is 23.2 Å². The molecule has 0 saturated heterocycles. The summed E-state index contributed by atoms with van der Waals surface area (Å²) < 4.78 is 0. The van der Waals surface area contributed by atoms with Crippen LogP contribution in [0.15, 0.2) is 34.9 Å². The first-order chi connectivity index (χ1) is 14.5. The Labute approximate surface area is 190 Å². The maximum absolute atomic E-state index is 10.1. The van der Waals surface area contributed by atoms with Crippen molar-refractivity contribution in [2.75, 3.05) is 0 Å². The lowest BCUT2D eigenvalue weighted by molar-refractivity contribution is 0.0610. The summed E-state index contributed by atoms with van der Waals surface area (Å²) in [4.78, 5) is 0. The van der Waals surface area contributed by atoms with Gasteiger partial charge < -0.3 is 15.3 Å². The van der Waals surface area contributed by atoms with Crippen LogP contribution in [0.5, 0.6) is 0 Å². The summed E-state index contributed by atoms with van der Waals surface area (Å²) in [6.45, 7) is 11.1. The molecule has 0 aromatic rings. The second-order valence-corrected chi connectivity index (χ2v) is 11.6. The van der Waals surface area contributed by atoms with Crippen molar-refractivity contribution in [1.29, 1.82) is 0 Å². The topological polar surface area (TPSA) is 60.7 Å². The zero-order chi connectivity index (χ0) is 22.8. The largest absolute Gasteiger partial charge is 0.393 e. The van der Waals surface area contributed by atoms with Gasteiger partial charge in [0.25, 0.3) is 0 Å². The van der Waals surface area contributed by atoms with Gasteiger partial charge in [-0.05, 0) is 93.1 Å². The van der Waals surface area contributed by atoms with E-state index >= 15 is 0 Å². The van der Waals surface area contributed by atoms with Crippen LogP contribution >= 0.6 is 0 Å². The smallest absolute Gasteiger partial charge is 0.0751 e. The zero-order valence-electron chi connectivity index (χ0n) is 20.5. The van der Waals surface area contributed by atoms with Gasteiger partial charge in [-0.3, -0.25) is 0 Å². The minimum atomic E-state index is -0.557. The molecule has 0 heterocycles. The lowest BCUT2D eigenvalue weighted by atomic mass is 9.60. The van der Waals surface area contributed by atoms with Gasteiger partial charge in [0.05, 0.1) is 17.8 Å². The van der Waals surface area contributed by atoms with Gasteiger partial charge in [-0.2, -0.15) is 0 Å². The van der Waals surface area contributed by atoms with Crippen molar-refractivity contribution in [3.8, 4) is 0 Å². The lowest BCUT2D eigenvalue weighted by Crippen LogP contribution is -2.36. The van der Waals surface area contributed by atoms with Gasteiger partial charge in [0, 0.05) is 6.42 Å². The Hall–Kier alpha value is -0.900. The molecule has 0 amide bonds. The molecular formula is C28H46O3. The molecule has 3 rings (SSSR count). The molecule has 3 heteroatoms. The SMILES string of the molecule is CCC1=C(/C=C\C2=C[C@@H](O)C[C@H](O)C2)[C@@H]2CC[C@H]([C@H](C)CCCC(C)(C)O)[C@@]2(C)CC1. The Kier molecular flexibility index (Phi) is 7.92. The molecule has 6 atom stereocenters. The van der Waals surface area contributed by atoms with E-state index in [1.165, 1.54) is 37.7 Å². The third-order valence-corrected chi connectivity index (χ3v) is 8.59. The minimum Gasteiger partial charge on any atom is -0.393 e. The highest BCUT2D eigenvalue weighted by Gasteiger charge is 2.50. The van der Waals surface area contributed by atoms with Gasteiger partial charge in [-0.25, -0.2) is 0 Å². The predicted octanol–water partition coefficient (Wildman–Crippen LogP) is 6.09. The number of hydrogen-bond donors (Lipinski definition) is 3. The molecule has 176 valence electrons. The van der Waals surface area contributed by atoms with E-state index in [-0.39, 0.29) is 0 Å². The van der Waals surface area contributed by atoms with Gasteiger partial charge in [0.2, 0.25) is 0 Å². The molecular weight excluding hydrogens is 384 g/mol. The maximum Gasteiger partial charge on any atom is 0.0751 e. The average molecular weight is 431 g/mol. The monoisotopic (exact) mass is 430 g/mol. The van der Waals surface area contributed by atoms with Crippen LogP contribution in [-0.2, 0) is 0 Å². The second kappa shape index (κ2) is 9.93. The lowest BCUT2D eigenvalue weighted by Gasteiger charge is -2.44. The quantitative estimate of drug-likeness (QED) is 0.436. The summed E-state index contributed by atoms with van der Waals surface area (Å²) in [5, 5.41) is 30.1. The van der Waals surface area contributed by atoms with E-state index in [9.17, 15) is 15.3 Å². The fourth-order valence-corrected chi connectivity index (χ4v) is 6.89. The summed E-state index contributed by atoms with van der Waals surface area (Å²) in [6.07, 6.45) is 15.9. The van der Waals surface area contributed by atoms with Crippen molar-refractivity contribution in [2.45, 2.75) is 117 Å². The molecule has 3 N–H and O–H groups in total. The molecule has 3 aliphatic carbocycles. The molecule has 0 radical (unpaired) electrons. The molecule has 0 spiro atoms. The molecule has 3 nitrogen and oxygen atoms in total. The number of allylic oxidation sites excluding steroid dienone is 4. The van der Waals surface area contributed by atoms with Crippen LogP contribution in [0.25, 0.3) is 0 Å². The van der Waals surface area contributed by atoms with E-state index in [0.717, 1.165) is 30.8 Å². The van der Waals surface area contributed by atoms with E-state index in [0.29, 0.717) is 30.1 Å². The Morgan fingerprint density at radius 2 is 1.97 bits per heavy atom. The molecule has 0 aromatic carbocycles. The summed E-state index contributed by atoms with van der Waals surface area (Å²) in [5.41, 5.74) is 4.01. The Balaban J connectivity index is 1.75. The van der Waals surface area contributed by atoms with E-state index < -0.39 is 17.8 Å². The van der Waals surface area contributed by atoms with Crippen LogP contribution in [0.2, 0.25) is 0 Å². The van der Waals surface area contributed by atoms with Gasteiger partial charge in [0.15, 0.2) is 0 Å². The van der Waals surface area contributed by atoms with Crippen molar-refractivity contribution in [3.63, 3.8) is 0 Å². The molecule has 3 aliphatic rings. The highest BCUT2D eigenvalue weighted by molar-refractivity contribution is 5.38. The summed E-state index contributed by atoms with van der Waals surface area (Å²) in [6, 6.07) is 0. The second-order valence-electron chi connectivity index (χ2n) is 11.6. The Bertz CT molecular complexity index is 710. The summed E-state index contributed by atoms with van der Waals surface area (Å²) >= 11 is 0. The van der Waals surface area contributed by atoms with Gasteiger partial charge in [-0.1, -0.05) is 57.4 Å². The molecule has 0 aliphatic heterocycles. The first-order valence-corrected chi connectivity index (χ1v) is 12.7. The van der Waals surface area contributed by atoms with Gasteiger partial charge >= 0.3 is 0 Å². The number of aliphatic hydroxyl groups excluding tert-OH is 2. The molecule has 1 fully saturated rings. The van der Waals surface area contributed by atoms with Crippen molar-refractivity contribution in [1.82, 2.24) is 0 Å². The van der Waals surface area contributed by atoms with Gasteiger partial charge in [0.1, 0.15) is 0 Å². The van der Waals surface area contributed by atoms with E-state index in [4.69, 9.17) is 0 Å². The van der Waals surface area contributed by atoms with Gasteiger partial charge in [-0.15, -0.1) is 0 Å². The van der Waals surface area contributed by atoms with Crippen LogP contribution in [0.4, 0.5) is 0 Å². The number of fused-ring (bicyclic) bond motifs is 1. The van der Waals surface area contributed by atoms with Crippen molar-refractivity contribution < 1.29 is 15.3 Å². The zero-order valence-corrected chi connectivity index (χ0v) is 20.5. The fraction of sp³-hybridized carbons (Fsp3) is 0.786. The number of aliphatic hydroxyl groups is 3. The highest BCUT2D eigenvalue weighted by atomic mass is 16.3. The van der Waals surface area contributed by atoms with Crippen molar-refractivity contribution >= 4 is 0 Å². The van der Waals surface area contributed by atoms with Crippen LogP contribution < -0.4 is 0 Å². The molecule has 1 saturated carbocycles. The maximum atomic E-state index is 10.1. The number of hydrogen-bond acceptors (Lipinski definition) is 3. The Morgan fingerprint density at radius 1 is 1.23 bits per heavy atom. The first-order valence-electron chi connectivity index (χ1n) is 12.7. The molecule has 0 aromatic heterocycles. The third-order valence-electron chi connectivity index (χ3n) is 8.59. The average Bonchev–Trinajstić information content (AvgIpc) is 3.01. The first kappa shape index (κ1) is 24.7. The normalized spacial score (nSPS) is 35.4.